The Kier molecular flexibility index (Phi) is 5.15. The largest absolute Gasteiger partial charge is 0.394 e. The normalized spacial score (nSPS) is 48.1. The maximum absolute atomic E-state index is 12.6. The zero-order chi connectivity index (χ0) is 19.2. The van der Waals surface area contributed by atoms with Gasteiger partial charge in [0.15, 0.2) is 0 Å². The summed E-state index contributed by atoms with van der Waals surface area (Å²) in [4.78, 5) is 18.2. The minimum Gasteiger partial charge on any atom is -0.394 e. The fourth-order valence-electron chi connectivity index (χ4n) is 7.58. The average Bonchev–Trinajstić information content (AvgIpc) is 2.95. The molecule has 4 nitrogen and oxygen atoms in total. The summed E-state index contributed by atoms with van der Waals surface area (Å²) in [6, 6.07) is 0. The molecule has 152 valence electrons. The topological polar surface area (TPSA) is 50.7 Å². The van der Waals surface area contributed by atoms with Crippen LogP contribution in [0.2, 0.25) is 0 Å². The van der Waals surface area contributed by atoms with Gasteiger partial charge in [-0.3, -0.25) is 4.79 Å². The first-order chi connectivity index (χ1) is 12.9. The summed E-state index contributed by atoms with van der Waals surface area (Å²) >= 11 is 0. The lowest BCUT2D eigenvalue weighted by Crippen LogP contribution is -2.56. The van der Waals surface area contributed by atoms with E-state index in [1.54, 1.807) is 0 Å². The van der Waals surface area contributed by atoms with Crippen LogP contribution in [0.15, 0.2) is 5.16 Å². The first kappa shape index (κ1) is 19.4. The van der Waals surface area contributed by atoms with Crippen molar-refractivity contribution in [1.29, 1.82) is 0 Å². The van der Waals surface area contributed by atoms with Crippen LogP contribution in [0.25, 0.3) is 0 Å². The lowest BCUT2D eigenvalue weighted by atomic mass is 9.43. The van der Waals surface area contributed by atoms with Crippen molar-refractivity contribution < 1.29 is 9.63 Å². The lowest BCUT2D eigenvalue weighted by molar-refractivity contribution is -0.143. The molecule has 0 aromatic heterocycles. The molecule has 0 heterocycles. The summed E-state index contributed by atoms with van der Waals surface area (Å²) in [5, 5.41) is 7.58. The molecule has 0 amide bonds. The number of nitrogens with zero attached hydrogens (tertiary/aromatic N) is 1. The van der Waals surface area contributed by atoms with Gasteiger partial charge >= 0.3 is 0 Å². The van der Waals surface area contributed by atoms with Crippen LogP contribution < -0.4 is 5.32 Å². The van der Waals surface area contributed by atoms with Crippen LogP contribution in [0, 0.1) is 40.4 Å². The van der Waals surface area contributed by atoms with E-state index < -0.39 is 0 Å². The van der Waals surface area contributed by atoms with Crippen LogP contribution in [0.3, 0.4) is 0 Å². The molecule has 0 radical (unpaired) electrons. The van der Waals surface area contributed by atoms with E-state index >= 15 is 0 Å². The van der Waals surface area contributed by atoms with Gasteiger partial charge in [0.1, 0.15) is 12.4 Å². The number of rotatable bonds is 4. The second kappa shape index (κ2) is 7.17. The summed E-state index contributed by atoms with van der Waals surface area (Å²) in [5.41, 5.74) is 1.69. The maximum Gasteiger partial charge on any atom is 0.139 e. The molecule has 4 aliphatic carbocycles. The number of fused-ring (bicyclic) bond motifs is 5. The van der Waals surface area contributed by atoms with E-state index in [9.17, 15) is 4.79 Å². The summed E-state index contributed by atoms with van der Waals surface area (Å²) < 4.78 is 0. The first-order valence-corrected chi connectivity index (χ1v) is 11.3. The van der Waals surface area contributed by atoms with Crippen LogP contribution in [0.5, 0.6) is 0 Å². The number of hydrogen-bond donors (Lipinski definition) is 1. The van der Waals surface area contributed by atoms with Gasteiger partial charge < -0.3 is 10.2 Å². The molecule has 7 atom stereocenters. The number of ketones is 1. The number of hydrogen-bond acceptors (Lipinski definition) is 4. The molecule has 0 aliphatic heterocycles. The summed E-state index contributed by atoms with van der Waals surface area (Å²) in [5.74, 6) is 4.20. The number of carbonyl (C=O) groups excluding carboxylic acids is 1. The van der Waals surface area contributed by atoms with Crippen molar-refractivity contribution in [3.8, 4) is 0 Å². The van der Waals surface area contributed by atoms with Crippen molar-refractivity contribution >= 4 is 11.5 Å². The average molecular weight is 375 g/mol. The van der Waals surface area contributed by atoms with Crippen LogP contribution in [-0.4, -0.2) is 31.7 Å². The Morgan fingerprint density at radius 3 is 2.78 bits per heavy atom. The van der Waals surface area contributed by atoms with Crippen molar-refractivity contribution in [2.45, 2.75) is 72.1 Å². The monoisotopic (exact) mass is 374 g/mol. The highest BCUT2D eigenvalue weighted by Gasteiger charge is 2.61. The lowest BCUT2D eigenvalue weighted by Gasteiger charge is -2.61. The van der Waals surface area contributed by atoms with Gasteiger partial charge in [0, 0.05) is 18.4 Å². The van der Waals surface area contributed by atoms with Gasteiger partial charge in [-0.2, -0.15) is 0 Å². The fourth-order valence-corrected chi connectivity index (χ4v) is 7.58. The Hall–Kier alpha value is -0.900. The number of Topliss-reactive ketones (excluding diaryl/α,β-unsaturated/α-hetero) is 1. The molecule has 0 bridgehead atoms. The van der Waals surface area contributed by atoms with E-state index in [-0.39, 0.29) is 5.41 Å². The van der Waals surface area contributed by atoms with Gasteiger partial charge in [-0.25, -0.2) is 0 Å². The van der Waals surface area contributed by atoms with Crippen molar-refractivity contribution in [1.82, 2.24) is 5.32 Å². The zero-order valence-corrected chi connectivity index (χ0v) is 17.7. The molecule has 4 aliphatic rings. The highest BCUT2D eigenvalue weighted by Crippen LogP contribution is 2.66. The van der Waals surface area contributed by atoms with Gasteiger partial charge in [-0.05, 0) is 87.0 Å². The van der Waals surface area contributed by atoms with Crippen molar-refractivity contribution in [2.75, 3.05) is 20.2 Å². The van der Waals surface area contributed by atoms with Crippen molar-refractivity contribution in [3.05, 3.63) is 0 Å². The molecule has 0 saturated heterocycles. The highest BCUT2D eigenvalue weighted by molar-refractivity contribution is 5.87. The Bertz CT molecular complexity index is 617. The van der Waals surface area contributed by atoms with E-state index in [0.717, 1.165) is 62.3 Å². The van der Waals surface area contributed by atoms with Gasteiger partial charge in [-0.1, -0.05) is 25.9 Å². The molecule has 4 heteroatoms. The predicted molar refractivity (Wildman–Crippen MR) is 109 cm³/mol. The maximum atomic E-state index is 12.6. The summed E-state index contributed by atoms with van der Waals surface area (Å²) in [6.45, 7) is 8.83. The molecule has 1 N–H and O–H groups in total. The SMILES string of the molecule is CNCCON=C1CC[C@@]2(C)C(C1)C[C@@H](C)[C@@H]1[C@@H]2CC[C@]2(C)C(=O)CC[C@@H]12. The second-order valence-corrected chi connectivity index (χ2v) is 10.4. The van der Waals surface area contributed by atoms with Crippen LogP contribution >= 0.6 is 0 Å². The second-order valence-electron chi connectivity index (χ2n) is 10.4. The Labute approximate surface area is 164 Å². The van der Waals surface area contributed by atoms with Gasteiger partial charge in [0.2, 0.25) is 0 Å². The molecule has 0 aromatic carbocycles. The molecule has 0 aromatic rings. The molecule has 1 unspecified atom stereocenters. The first-order valence-electron chi connectivity index (χ1n) is 11.3. The fraction of sp³-hybridized carbons (Fsp3) is 0.913. The van der Waals surface area contributed by atoms with Crippen LogP contribution in [-0.2, 0) is 9.63 Å². The zero-order valence-electron chi connectivity index (χ0n) is 17.7. The quantitative estimate of drug-likeness (QED) is 0.585. The highest BCUT2D eigenvalue weighted by atomic mass is 16.6. The van der Waals surface area contributed by atoms with Crippen molar-refractivity contribution in [3.63, 3.8) is 0 Å². The van der Waals surface area contributed by atoms with Crippen molar-refractivity contribution in [2.24, 2.45) is 45.6 Å². The summed E-state index contributed by atoms with van der Waals surface area (Å²) in [7, 11) is 1.94. The van der Waals surface area contributed by atoms with Gasteiger partial charge in [0.25, 0.3) is 0 Å². The van der Waals surface area contributed by atoms with E-state index in [1.165, 1.54) is 25.0 Å². The van der Waals surface area contributed by atoms with Gasteiger partial charge in [-0.15, -0.1) is 0 Å². The molecule has 4 rings (SSSR count). The molecule has 0 spiro atoms. The van der Waals surface area contributed by atoms with E-state index in [2.05, 4.69) is 31.2 Å². The van der Waals surface area contributed by atoms with Crippen LogP contribution in [0.1, 0.15) is 72.1 Å². The Morgan fingerprint density at radius 2 is 2.00 bits per heavy atom. The molecule has 4 saturated carbocycles. The number of nitrogens with one attached hydrogen (secondary N) is 1. The minimum absolute atomic E-state index is 0.0128. The van der Waals surface area contributed by atoms with E-state index in [1.807, 2.05) is 7.05 Å². The molecule has 27 heavy (non-hydrogen) atoms. The number of oxime groups is 1. The van der Waals surface area contributed by atoms with E-state index in [4.69, 9.17) is 4.84 Å². The standard InChI is InChI=1S/C23H38N2O2/c1-15-13-16-14-17(25-27-12-11-24-4)7-9-22(16,2)19-8-10-23(3)18(21(15)19)5-6-20(23)26/h15-16,18-19,21,24H,5-14H2,1-4H3/t15-,16?,18+,19+,21+,22+,23+/m1/s1. The molecular formula is C23H38N2O2. The predicted octanol–water partition coefficient (Wildman–Crippen LogP) is 4.44. The van der Waals surface area contributed by atoms with Crippen LogP contribution in [0.4, 0.5) is 0 Å². The molecular weight excluding hydrogens is 336 g/mol. The third kappa shape index (κ3) is 3.07. The third-order valence-electron chi connectivity index (χ3n) is 9.21. The number of carbonyl (C=O) groups is 1. The van der Waals surface area contributed by atoms with Gasteiger partial charge in [0.05, 0.1) is 5.71 Å². The minimum atomic E-state index is -0.0128. The smallest absolute Gasteiger partial charge is 0.139 e. The number of likely N-dealkylation sites (N-methyl/N-ethyl adjacent to an activating group) is 1. The summed E-state index contributed by atoms with van der Waals surface area (Å²) in [6.07, 6.45) is 9.11. The Morgan fingerprint density at radius 1 is 1.19 bits per heavy atom. The Balaban J connectivity index is 1.51. The third-order valence-corrected chi connectivity index (χ3v) is 9.21. The molecule has 4 fully saturated rings. The van der Waals surface area contributed by atoms with E-state index in [0.29, 0.717) is 23.7 Å².